The second-order valence-electron chi connectivity index (χ2n) is 6.33. The Balaban J connectivity index is 1.65. The zero-order valence-corrected chi connectivity index (χ0v) is 15.0. The van der Waals surface area contributed by atoms with Gasteiger partial charge in [-0.1, -0.05) is 29.8 Å². The molecule has 0 aliphatic heterocycles. The lowest BCUT2D eigenvalue weighted by molar-refractivity contribution is -0.137. The Bertz CT molecular complexity index is 969. The number of halogens is 3. The van der Waals surface area contributed by atoms with Crippen molar-refractivity contribution in [1.82, 2.24) is 4.98 Å². The van der Waals surface area contributed by atoms with Crippen LogP contribution in [0.2, 0.25) is 0 Å². The fraction of sp³-hybridized carbons (Fsp3) is 0.143. The van der Waals surface area contributed by atoms with E-state index in [4.69, 9.17) is 0 Å². The van der Waals surface area contributed by atoms with Crippen LogP contribution in [0.15, 0.2) is 67.0 Å². The summed E-state index contributed by atoms with van der Waals surface area (Å²) in [6.07, 6.45) is -1.41. The van der Waals surface area contributed by atoms with E-state index in [1.54, 1.807) is 12.3 Å². The summed E-state index contributed by atoms with van der Waals surface area (Å²) in [4.78, 5) is 16.4. The van der Waals surface area contributed by atoms with Gasteiger partial charge < -0.3 is 10.6 Å². The summed E-state index contributed by atoms with van der Waals surface area (Å²) in [5.74, 6) is -0.452. The normalized spacial score (nSPS) is 11.1. The van der Waals surface area contributed by atoms with E-state index in [9.17, 15) is 18.0 Å². The number of alkyl halides is 3. The highest BCUT2D eigenvalue weighted by Crippen LogP contribution is 2.29. The van der Waals surface area contributed by atoms with Crippen LogP contribution in [0.4, 0.5) is 24.5 Å². The molecule has 0 fully saturated rings. The number of rotatable bonds is 5. The Labute approximate surface area is 160 Å². The minimum atomic E-state index is -4.41. The lowest BCUT2D eigenvalue weighted by atomic mass is 10.1. The second kappa shape index (κ2) is 8.12. The highest BCUT2D eigenvalue weighted by atomic mass is 19.4. The van der Waals surface area contributed by atoms with Crippen LogP contribution in [-0.2, 0) is 12.7 Å². The third kappa shape index (κ3) is 5.09. The molecule has 2 aromatic carbocycles. The van der Waals surface area contributed by atoms with Crippen LogP contribution < -0.4 is 10.6 Å². The molecule has 0 saturated heterocycles. The number of anilines is 2. The van der Waals surface area contributed by atoms with Crippen molar-refractivity contribution in [1.29, 1.82) is 0 Å². The molecule has 1 heterocycles. The molecular weight excluding hydrogens is 367 g/mol. The zero-order chi connectivity index (χ0) is 20.1. The van der Waals surface area contributed by atoms with Crippen molar-refractivity contribution in [2.45, 2.75) is 19.6 Å². The molecule has 3 rings (SSSR count). The van der Waals surface area contributed by atoms with Gasteiger partial charge in [0.25, 0.3) is 5.91 Å². The van der Waals surface area contributed by atoms with Crippen molar-refractivity contribution < 1.29 is 18.0 Å². The van der Waals surface area contributed by atoms with Crippen molar-refractivity contribution in [2.24, 2.45) is 0 Å². The topological polar surface area (TPSA) is 54.0 Å². The SMILES string of the molecule is Cc1cccc(CNc2cncc(C(=O)Nc3ccc(C(F)(F)F)cc3)c2)c1. The molecular formula is C21H18F3N3O. The predicted octanol–water partition coefficient (Wildman–Crippen LogP) is 5.27. The molecule has 0 spiro atoms. The highest BCUT2D eigenvalue weighted by Gasteiger charge is 2.30. The summed E-state index contributed by atoms with van der Waals surface area (Å²) < 4.78 is 37.8. The van der Waals surface area contributed by atoms with E-state index in [-0.39, 0.29) is 5.69 Å². The molecule has 2 N–H and O–H groups in total. The Morgan fingerprint density at radius 2 is 1.75 bits per heavy atom. The summed E-state index contributed by atoms with van der Waals surface area (Å²) >= 11 is 0. The van der Waals surface area contributed by atoms with E-state index in [0.29, 0.717) is 17.8 Å². The predicted molar refractivity (Wildman–Crippen MR) is 102 cm³/mol. The Morgan fingerprint density at radius 1 is 1.00 bits per heavy atom. The largest absolute Gasteiger partial charge is 0.416 e. The number of nitrogens with zero attached hydrogens (tertiary/aromatic N) is 1. The standard InChI is InChI=1S/C21H18F3N3O/c1-14-3-2-4-15(9-14)11-26-19-10-16(12-25-13-19)20(28)27-18-7-5-17(6-8-18)21(22,23)24/h2-10,12-13,26H,11H2,1H3,(H,27,28). The van der Waals surface area contributed by atoms with Gasteiger partial charge in [-0.05, 0) is 42.8 Å². The molecule has 0 aliphatic rings. The number of carbonyl (C=O) groups excluding carboxylic acids is 1. The first kappa shape index (κ1) is 19.4. The molecule has 0 radical (unpaired) electrons. The molecule has 0 atom stereocenters. The van der Waals surface area contributed by atoms with Gasteiger partial charge in [0.15, 0.2) is 0 Å². The van der Waals surface area contributed by atoms with E-state index in [1.807, 2.05) is 25.1 Å². The van der Waals surface area contributed by atoms with E-state index in [1.165, 1.54) is 18.3 Å². The molecule has 1 aromatic heterocycles. The van der Waals surface area contributed by atoms with Gasteiger partial charge >= 0.3 is 6.18 Å². The number of carbonyl (C=O) groups is 1. The maximum atomic E-state index is 12.6. The number of hydrogen-bond acceptors (Lipinski definition) is 3. The van der Waals surface area contributed by atoms with Gasteiger partial charge in [0.05, 0.1) is 16.8 Å². The molecule has 3 aromatic rings. The van der Waals surface area contributed by atoms with Crippen LogP contribution in [0.5, 0.6) is 0 Å². The van der Waals surface area contributed by atoms with Crippen molar-refractivity contribution in [3.8, 4) is 0 Å². The van der Waals surface area contributed by atoms with Crippen LogP contribution in [0.25, 0.3) is 0 Å². The van der Waals surface area contributed by atoms with E-state index in [0.717, 1.165) is 23.3 Å². The molecule has 28 heavy (non-hydrogen) atoms. The number of aryl methyl sites for hydroxylation is 1. The molecule has 144 valence electrons. The van der Waals surface area contributed by atoms with Gasteiger partial charge in [0.2, 0.25) is 0 Å². The fourth-order valence-electron chi connectivity index (χ4n) is 2.63. The third-order valence-corrected chi connectivity index (χ3v) is 4.05. The van der Waals surface area contributed by atoms with Gasteiger partial charge in [0, 0.05) is 24.6 Å². The Morgan fingerprint density at radius 3 is 2.43 bits per heavy atom. The minimum absolute atomic E-state index is 0.274. The first-order valence-electron chi connectivity index (χ1n) is 8.54. The quantitative estimate of drug-likeness (QED) is 0.629. The number of nitrogens with one attached hydrogen (secondary N) is 2. The Kier molecular flexibility index (Phi) is 5.63. The average Bonchev–Trinajstić information content (AvgIpc) is 2.66. The molecule has 4 nitrogen and oxygen atoms in total. The lowest BCUT2D eigenvalue weighted by Crippen LogP contribution is -2.13. The summed E-state index contributed by atoms with van der Waals surface area (Å²) in [6, 6.07) is 14.0. The van der Waals surface area contributed by atoms with E-state index < -0.39 is 17.6 Å². The number of hydrogen-bond donors (Lipinski definition) is 2. The van der Waals surface area contributed by atoms with Crippen LogP contribution in [0.1, 0.15) is 27.0 Å². The van der Waals surface area contributed by atoms with Crippen molar-refractivity contribution >= 4 is 17.3 Å². The van der Waals surface area contributed by atoms with Gasteiger partial charge in [-0.15, -0.1) is 0 Å². The van der Waals surface area contributed by atoms with Crippen LogP contribution >= 0.6 is 0 Å². The van der Waals surface area contributed by atoms with Crippen LogP contribution in [0.3, 0.4) is 0 Å². The summed E-state index contributed by atoms with van der Waals surface area (Å²) in [5, 5.41) is 5.78. The number of benzene rings is 2. The van der Waals surface area contributed by atoms with Crippen molar-refractivity contribution in [3.63, 3.8) is 0 Å². The van der Waals surface area contributed by atoms with E-state index >= 15 is 0 Å². The molecule has 0 aliphatic carbocycles. The number of pyridine rings is 1. The van der Waals surface area contributed by atoms with E-state index in [2.05, 4.69) is 21.7 Å². The summed E-state index contributed by atoms with van der Waals surface area (Å²) in [5.41, 5.74) is 2.73. The molecule has 1 amide bonds. The fourth-order valence-corrected chi connectivity index (χ4v) is 2.63. The average molecular weight is 385 g/mol. The molecule has 7 heteroatoms. The van der Waals surface area contributed by atoms with Crippen molar-refractivity contribution in [3.05, 3.63) is 89.2 Å². The zero-order valence-electron chi connectivity index (χ0n) is 15.0. The first-order chi connectivity index (χ1) is 13.3. The minimum Gasteiger partial charge on any atom is -0.380 e. The highest BCUT2D eigenvalue weighted by molar-refractivity contribution is 6.04. The first-order valence-corrected chi connectivity index (χ1v) is 8.54. The third-order valence-electron chi connectivity index (χ3n) is 4.05. The van der Waals surface area contributed by atoms with Gasteiger partial charge in [-0.25, -0.2) is 0 Å². The maximum Gasteiger partial charge on any atom is 0.416 e. The molecule has 0 bridgehead atoms. The number of aromatic nitrogens is 1. The lowest BCUT2D eigenvalue weighted by Gasteiger charge is -2.10. The van der Waals surface area contributed by atoms with Gasteiger partial charge in [0.1, 0.15) is 0 Å². The molecule has 0 saturated carbocycles. The van der Waals surface area contributed by atoms with Crippen LogP contribution in [-0.4, -0.2) is 10.9 Å². The van der Waals surface area contributed by atoms with Crippen LogP contribution in [0, 0.1) is 6.92 Å². The monoisotopic (exact) mass is 385 g/mol. The second-order valence-corrected chi connectivity index (χ2v) is 6.33. The summed E-state index contributed by atoms with van der Waals surface area (Å²) in [7, 11) is 0. The van der Waals surface area contributed by atoms with Gasteiger partial charge in [-0.3, -0.25) is 9.78 Å². The smallest absolute Gasteiger partial charge is 0.380 e. The maximum absolute atomic E-state index is 12.6. The summed E-state index contributed by atoms with van der Waals surface area (Å²) in [6.45, 7) is 2.59. The van der Waals surface area contributed by atoms with Crippen molar-refractivity contribution in [2.75, 3.05) is 10.6 Å². The Hall–Kier alpha value is -3.35. The molecule has 0 unspecified atom stereocenters. The number of amides is 1. The van der Waals surface area contributed by atoms with Gasteiger partial charge in [-0.2, -0.15) is 13.2 Å².